The second-order valence-electron chi connectivity index (χ2n) is 5.32. The minimum Gasteiger partial charge on any atom is -0.449 e. The maximum atomic E-state index is 12.4. The molecular weight excluding hydrogens is 374 g/mol. The molecule has 138 valence electrons. The number of nitrogens with zero attached hydrogens (tertiary/aromatic N) is 1. The van der Waals surface area contributed by atoms with Crippen molar-refractivity contribution in [2.24, 2.45) is 0 Å². The van der Waals surface area contributed by atoms with Crippen LogP contribution in [-0.4, -0.2) is 36.0 Å². The molecule has 2 N–H and O–H groups in total. The van der Waals surface area contributed by atoms with E-state index in [2.05, 4.69) is 15.6 Å². The summed E-state index contributed by atoms with van der Waals surface area (Å²) in [6.45, 7) is 3.34. The molecule has 1 atom stereocenters. The highest BCUT2D eigenvalue weighted by atomic mass is 32.2. The van der Waals surface area contributed by atoms with Gasteiger partial charge in [0.05, 0.1) is 5.56 Å². The number of ether oxygens (including phenoxy) is 1. The molecule has 0 bridgehead atoms. The second-order valence-corrected chi connectivity index (χ2v) is 7.40. The first-order valence-electron chi connectivity index (χ1n) is 7.77. The lowest BCUT2D eigenvalue weighted by atomic mass is 10.1. The van der Waals surface area contributed by atoms with Crippen molar-refractivity contribution in [1.29, 1.82) is 0 Å². The molecule has 0 fully saturated rings. The smallest absolute Gasteiger partial charge is 0.339 e. The fourth-order valence-electron chi connectivity index (χ4n) is 1.94. The summed E-state index contributed by atoms with van der Waals surface area (Å²) in [5.41, 5.74) is 2.13. The Hall–Kier alpha value is -2.39. The van der Waals surface area contributed by atoms with Gasteiger partial charge in [0.25, 0.3) is 5.91 Å². The molecule has 0 aliphatic heterocycles. The van der Waals surface area contributed by atoms with Gasteiger partial charge in [-0.15, -0.1) is 11.3 Å². The number of hydrogen-bond acceptors (Lipinski definition) is 7. The highest BCUT2D eigenvalue weighted by Gasteiger charge is 2.22. The van der Waals surface area contributed by atoms with Crippen LogP contribution in [0.1, 0.15) is 28.5 Å². The minimum atomic E-state index is -1.10. The molecule has 0 spiro atoms. The molecular formula is C17H19N3O4S2. The van der Waals surface area contributed by atoms with Crippen molar-refractivity contribution in [2.75, 3.05) is 7.05 Å². The van der Waals surface area contributed by atoms with Crippen LogP contribution in [0.3, 0.4) is 0 Å². The van der Waals surface area contributed by atoms with E-state index >= 15 is 0 Å². The summed E-state index contributed by atoms with van der Waals surface area (Å²) in [6.07, 6.45) is -1.10. The summed E-state index contributed by atoms with van der Waals surface area (Å²) in [5, 5.41) is 6.30. The van der Waals surface area contributed by atoms with Gasteiger partial charge >= 0.3 is 12.0 Å². The third kappa shape index (κ3) is 5.57. The predicted octanol–water partition coefficient (Wildman–Crippen LogP) is 2.74. The van der Waals surface area contributed by atoms with Crippen molar-refractivity contribution in [3.05, 3.63) is 46.5 Å². The van der Waals surface area contributed by atoms with Crippen molar-refractivity contribution in [2.45, 2.75) is 30.0 Å². The third-order valence-corrected chi connectivity index (χ3v) is 5.49. The van der Waals surface area contributed by atoms with Gasteiger partial charge in [-0.2, -0.15) is 0 Å². The van der Waals surface area contributed by atoms with Gasteiger partial charge in [-0.05, 0) is 25.5 Å². The first-order valence-corrected chi connectivity index (χ1v) is 9.63. The highest BCUT2D eigenvalue weighted by molar-refractivity contribution is 8.00. The number of carbonyl (C=O) groups excluding carboxylic acids is 3. The number of carbonyl (C=O) groups is 3. The third-order valence-electron chi connectivity index (χ3n) is 3.30. The van der Waals surface area contributed by atoms with Crippen LogP contribution in [-0.2, 0) is 15.3 Å². The zero-order chi connectivity index (χ0) is 19.1. The average molecular weight is 393 g/mol. The van der Waals surface area contributed by atoms with Gasteiger partial charge in [0.2, 0.25) is 0 Å². The number of amides is 3. The molecule has 2 aromatic rings. The summed E-state index contributed by atoms with van der Waals surface area (Å²) >= 11 is 3.08. The number of hydrogen-bond donors (Lipinski definition) is 2. The summed E-state index contributed by atoms with van der Waals surface area (Å²) in [5.74, 6) is -0.754. The van der Waals surface area contributed by atoms with Crippen LogP contribution in [0.15, 0.2) is 34.0 Å². The van der Waals surface area contributed by atoms with Crippen LogP contribution in [0.25, 0.3) is 0 Å². The predicted molar refractivity (Wildman–Crippen MR) is 100 cm³/mol. The number of rotatable bonds is 6. The fourth-order valence-corrected chi connectivity index (χ4v) is 3.79. The number of aryl methyl sites for hydroxylation is 1. The Labute approximate surface area is 159 Å². The number of thiazole rings is 1. The van der Waals surface area contributed by atoms with Gasteiger partial charge < -0.3 is 10.1 Å². The van der Waals surface area contributed by atoms with Gasteiger partial charge in [0, 0.05) is 23.9 Å². The Morgan fingerprint density at radius 1 is 1.31 bits per heavy atom. The molecule has 0 saturated carbocycles. The van der Waals surface area contributed by atoms with E-state index in [1.165, 1.54) is 25.7 Å². The zero-order valence-electron chi connectivity index (χ0n) is 14.6. The number of nitrogens with one attached hydrogen (secondary N) is 2. The maximum Gasteiger partial charge on any atom is 0.339 e. The number of thioether (sulfide) groups is 1. The average Bonchev–Trinajstić information content (AvgIpc) is 3.05. The number of aromatic nitrogens is 1. The number of urea groups is 1. The Kier molecular flexibility index (Phi) is 7.16. The summed E-state index contributed by atoms with van der Waals surface area (Å²) < 4.78 is 6.11. The van der Waals surface area contributed by atoms with Crippen LogP contribution in [0.4, 0.5) is 4.79 Å². The van der Waals surface area contributed by atoms with Crippen LogP contribution < -0.4 is 10.6 Å². The minimum absolute atomic E-state index is 0.382. The Morgan fingerprint density at radius 2 is 2.04 bits per heavy atom. The molecule has 1 heterocycles. The standard InChI is InChI=1S/C17H19N3O4S2/c1-10-8-25-17(19-10)26-9-12-6-4-5-7-13(12)15(22)24-11(2)14(21)20-16(23)18-3/h4-8,11H,9H2,1-3H3,(H2,18,20,21,23). The maximum absolute atomic E-state index is 12.4. The van der Waals surface area contributed by atoms with Crippen LogP contribution >= 0.6 is 23.1 Å². The normalized spacial score (nSPS) is 11.5. The van der Waals surface area contributed by atoms with E-state index in [4.69, 9.17) is 4.74 Å². The molecule has 0 aliphatic rings. The quantitative estimate of drug-likeness (QED) is 0.579. The number of benzene rings is 1. The largest absolute Gasteiger partial charge is 0.449 e. The number of esters is 1. The van der Waals surface area contributed by atoms with Crippen LogP contribution in [0, 0.1) is 6.92 Å². The van der Waals surface area contributed by atoms with Gasteiger partial charge in [0.1, 0.15) is 4.34 Å². The summed E-state index contributed by atoms with van der Waals surface area (Å²) in [7, 11) is 1.39. The monoisotopic (exact) mass is 393 g/mol. The van der Waals surface area contributed by atoms with Crippen LogP contribution in [0.5, 0.6) is 0 Å². The molecule has 7 nitrogen and oxygen atoms in total. The van der Waals surface area contributed by atoms with E-state index < -0.39 is 24.0 Å². The molecule has 9 heteroatoms. The SMILES string of the molecule is CNC(=O)NC(=O)C(C)OC(=O)c1ccccc1CSc1nc(C)cs1. The fraction of sp³-hybridized carbons (Fsp3) is 0.294. The molecule has 1 aromatic carbocycles. The van der Waals surface area contributed by atoms with Crippen molar-refractivity contribution in [3.8, 4) is 0 Å². The van der Waals surface area contributed by atoms with Crippen molar-refractivity contribution >= 4 is 41.0 Å². The Balaban J connectivity index is 2.02. The molecule has 0 radical (unpaired) electrons. The molecule has 3 amide bonds. The zero-order valence-corrected chi connectivity index (χ0v) is 16.2. The van der Waals surface area contributed by atoms with Crippen LogP contribution in [0.2, 0.25) is 0 Å². The molecule has 1 unspecified atom stereocenters. The van der Waals surface area contributed by atoms with Gasteiger partial charge in [0.15, 0.2) is 6.10 Å². The molecule has 0 aliphatic carbocycles. The Bertz CT molecular complexity index is 807. The van der Waals surface area contributed by atoms with E-state index in [0.717, 1.165) is 15.6 Å². The van der Waals surface area contributed by atoms with Crippen molar-refractivity contribution in [3.63, 3.8) is 0 Å². The van der Waals surface area contributed by atoms with Crippen molar-refractivity contribution < 1.29 is 19.1 Å². The highest BCUT2D eigenvalue weighted by Crippen LogP contribution is 2.27. The lowest BCUT2D eigenvalue weighted by molar-refractivity contribution is -0.127. The summed E-state index contributed by atoms with van der Waals surface area (Å²) in [6, 6.07) is 6.39. The molecule has 2 rings (SSSR count). The molecule has 26 heavy (non-hydrogen) atoms. The van der Waals surface area contributed by atoms with E-state index in [0.29, 0.717) is 11.3 Å². The lowest BCUT2D eigenvalue weighted by Crippen LogP contribution is -2.43. The number of imide groups is 1. The molecule has 0 saturated heterocycles. The van der Waals surface area contributed by atoms with E-state index in [1.807, 2.05) is 24.4 Å². The van der Waals surface area contributed by atoms with E-state index in [-0.39, 0.29) is 0 Å². The first-order chi connectivity index (χ1) is 12.4. The lowest BCUT2D eigenvalue weighted by Gasteiger charge is -2.14. The first kappa shape index (κ1) is 19.9. The molecule has 1 aromatic heterocycles. The van der Waals surface area contributed by atoms with E-state index in [9.17, 15) is 14.4 Å². The van der Waals surface area contributed by atoms with Gasteiger partial charge in [-0.1, -0.05) is 30.0 Å². The van der Waals surface area contributed by atoms with E-state index in [1.54, 1.807) is 23.5 Å². The second kappa shape index (κ2) is 9.35. The summed E-state index contributed by atoms with van der Waals surface area (Å²) in [4.78, 5) is 39.8. The van der Waals surface area contributed by atoms with Gasteiger partial charge in [-0.3, -0.25) is 10.1 Å². The van der Waals surface area contributed by atoms with Crippen molar-refractivity contribution in [1.82, 2.24) is 15.6 Å². The topological polar surface area (TPSA) is 97.4 Å². The van der Waals surface area contributed by atoms with Gasteiger partial charge in [-0.25, -0.2) is 14.6 Å². The Morgan fingerprint density at radius 3 is 2.69 bits per heavy atom.